The molecule has 8 heteroatoms. The van der Waals surface area contributed by atoms with Crippen molar-refractivity contribution in [3.63, 3.8) is 0 Å². The Morgan fingerprint density at radius 3 is 2.39 bits per heavy atom. The maximum Gasteiger partial charge on any atom is 0.331 e. The summed E-state index contributed by atoms with van der Waals surface area (Å²) in [6, 6.07) is 14.3. The largest absolute Gasteiger partial charge is 0.452 e. The minimum atomic E-state index is -0.629. The van der Waals surface area contributed by atoms with Gasteiger partial charge in [-0.15, -0.1) is 11.3 Å². The molecule has 0 aliphatic rings. The van der Waals surface area contributed by atoms with Crippen molar-refractivity contribution in [2.45, 2.75) is 6.92 Å². The molecule has 3 rings (SSSR count). The quantitative estimate of drug-likeness (QED) is 0.492. The zero-order chi connectivity index (χ0) is 19.9. The number of amides is 2. The van der Waals surface area contributed by atoms with Gasteiger partial charge in [0.2, 0.25) is 5.91 Å². The first-order valence-electron chi connectivity index (χ1n) is 8.37. The van der Waals surface area contributed by atoms with Gasteiger partial charge in [-0.2, -0.15) is 0 Å². The highest BCUT2D eigenvalue weighted by Crippen LogP contribution is 2.22. The van der Waals surface area contributed by atoms with Gasteiger partial charge >= 0.3 is 5.97 Å². The van der Waals surface area contributed by atoms with Gasteiger partial charge in [-0.1, -0.05) is 12.1 Å². The van der Waals surface area contributed by atoms with Gasteiger partial charge in [0.15, 0.2) is 6.61 Å². The fraction of sp³-hybridized carbons (Fsp3) is 0.100. The molecule has 7 nitrogen and oxygen atoms in total. The van der Waals surface area contributed by atoms with E-state index in [1.807, 2.05) is 24.3 Å². The van der Waals surface area contributed by atoms with Gasteiger partial charge in [0.25, 0.3) is 5.91 Å². The number of nitrogens with one attached hydrogen (secondary N) is 2. The van der Waals surface area contributed by atoms with Gasteiger partial charge in [-0.3, -0.25) is 9.59 Å². The first-order valence-corrected chi connectivity index (χ1v) is 9.19. The second-order valence-corrected chi connectivity index (χ2v) is 6.83. The molecule has 2 amide bonds. The SMILES string of the molecule is CC(=O)Nc1ccc(NC(=O)COC(=O)C=Cc2nc3ccccc3s2)cc1. The lowest BCUT2D eigenvalue weighted by molar-refractivity contribution is -0.142. The third kappa shape index (κ3) is 5.49. The van der Waals surface area contributed by atoms with E-state index in [4.69, 9.17) is 4.74 Å². The minimum absolute atomic E-state index is 0.178. The second-order valence-electron chi connectivity index (χ2n) is 5.77. The predicted octanol–water partition coefficient (Wildman–Crippen LogP) is 3.45. The normalized spacial score (nSPS) is 10.8. The van der Waals surface area contributed by atoms with Crippen LogP contribution in [0.1, 0.15) is 11.9 Å². The Labute approximate surface area is 165 Å². The van der Waals surface area contributed by atoms with Crippen LogP contribution in [0.3, 0.4) is 0 Å². The number of hydrogen-bond donors (Lipinski definition) is 2. The standard InChI is InChI=1S/C20H17N3O4S/c1-13(24)21-14-6-8-15(9-7-14)22-18(25)12-27-20(26)11-10-19-23-16-4-2-3-5-17(16)28-19/h2-11H,12H2,1H3,(H,21,24)(H,22,25). The lowest BCUT2D eigenvalue weighted by Crippen LogP contribution is -2.20. The third-order valence-electron chi connectivity index (χ3n) is 3.51. The van der Waals surface area contributed by atoms with Crippen LogP contribution < -0.4 is 10.6 Å². The highest BCUT2D eigenvalue weighted by molar-refractivity contribution is 7.19. The van der Waals surface area contributed by atoms with Crippen molar-refractivity contribution >= 4 is 56.8 Å². The molecular formula is C20H17N3O4S. The molecule has 0 bridgehead atoms. The molecule has 2 aromatic carbocycles. The Hall–Kier alpha value is -3.52. The Bertz CT molecular complexity index is 1010. The molecule has 2 N–H and O–H groups in total. The molecule has 3 aromatic rings. The van der Waals surface area contributed by atoms with Gasteiger partial charge in [-0.05, 0) is 42.5 Å². The van der Waals surface area contributed by atoms with Crippen molar-refractivity contribution < 1.29 is 19.1 Å². The molecule has 0 aliphatic carbocycles. The van der Waals surface area contributed by atoms with Crippen LogP contribution in [0.5, 0.6) is 0 Å². The molecule has 28 heavy (non-hydrogen) atoms. The molecule has 0 aliphatic heterocycles. The molecule has 0 saturated heterocycles. The van der Waals surface area contributed by atoms with Crippen LogP contribution in [-0.2, 0) is 19.1 Å². The molecule has 1 heterocycles. The average molecular weight is 395 g/mol. The Balaban J connectivity index is 1.47. The second kappa shape index (κ2) is 8.92. The highest BCUT2D eigenvalue weighted by Gasteiger charge is 2.07. The molecule has 0 atom stereocenters. The van der Waals surface area contributed by atoms with Gasteiger partial charge < -0.3 is 15.4 Å². The summed E-state index contributed by atoms with van der Waals surface area (Å²) in [6.07, 6.45) is 2.80. The molecule has 0 fully saturated rings. The van der Waals surface area contributed by atoms with E-state index < -0.39 is 18.5 Å². The topological polar surface area (TPSA) is 97.4 Å². The van der Waals surface area contributed by atoms with E-state index in [1.54, 1.807) is 30.3 Å². The van der Waals surface area contributed by atoms with E-state index in [0.717, 1.165) is 10.2 Å². The van der Waals surface area contributed by atoms with Gasteiger partial charge in [0, 0.05) is 24.4 Å². The number of benzene rings is 2. The van der Waals surface area contributed by atoms with Crippen molar-refractivity contribution in [3.05, 3.63) is 59.6 Å². The third-order valence-corrected chi connectivity index (χ3v) is 4.51. The van der Waals surface area contributed by atoms with Crippen molar-refractivity contribution in [3.8, 4) is 0 Å². The number of fused-ring (bicyclic) bond motifs is 1. The summed E-state index contributed by atoms with van der Waals surface area (Å²) in [6.45, 7) is 1.01. The van der Waals surface area contributed by atoms with E-state index in [0.29, 0.717) is 16.4 Å². The monoisotopic (exact) mass is 395 g/mol. The number of thiazole rings is 1. The van der Waals surface area contributed by atoms with Crippen molar-refractivity contribution in [1.29, 1.82) is 0 Å². The molecule has 0 unspecified atom stereocenters. The summed E-state index contributed by atoms with van der Waals surface area (Å²) in [5.74, 6) is -1.27. The molecule has 0 spiro atoms. The number of hydrogen-bond acceptors (Lipinski definition) is 6. The van der Waals surface area contributed by atoms with Gasteiger partial charge in [-0.25, -0.2) is 9.78 Å². The Kier molecular flexibility index (Phi) is 6.13. The lowest BCUT2D eigenvalue weighted by Gasteiger charge is -2.07. The van der Waals surface area contributed by atoms with Crippen LogP contribution in [0, 0.1) is 0 Å². The first-order chi connectivity index (χ1) is 13.5. The molecule has 1 aromatic heterocycles. The predicted molar refractivity (Wildman–Crippen MR) is 109 cm³/mol. The lowest BCUT2D eigenvalue weighted by atomic mass is 10.2. The van der Waals surface area contributed by atoms with Crippen LogP contribution in [0.4, 0.5) is 11.4 Å². The number of carbonyl (C=O) groups excluding carboxylic acids is 3. The van der Waals surface area contributed by atoms with E-state index in [1.165, 1.54) is 24.3 Å². The maximum absolute atomic E-state index is 11.9. The Morgan fingerprint density at radius 1 is 1.04 bits per heavy atom. The Morgan fingerprint density at radius 2 is 1.71 bits per heavy atom. The smallest absolute Gasteiger partial charge is 0.331 e. The zero-order valence-electron chi connectivity index (χ0n) is 15.0. The van der Waals surface area contributed by atoms with E-state index >= 15 is 0 Å². The summed E-state index contributed by atoms with van der Waals surface area (Å²) >= 11 is 1.46. The number of aromatic nitrogens is 1. The number of para-hydroxylation sites is 1. The van der Waals surface area contributed by atoms with Crippen LogP contribution >= 0.6 is 11.3 Å². The van der Waals surface area contributed by atoms with Crippen LogP contribution in [0.25, 0.3) is 16.3 Å². The molecule has 142 valence electrons. The van der Waals surface area contributed by atoms with Crippen LogP contribution in [-0.4, -0.2) is 29.4 Å². The van der Waals surface area contributed by atoms with Crippen molar-refractivity contribution in [2.24, 2.45) is 0 Å². The number of esters is 1. The number of nitrogens with zero attached hydrogens (tertiary/aromatic N) is 1. The average Bonchev–Trinajstić information content (AvgIpc) is 3.09. The van der Waals surface area contributed by atoms with Crippen molar-refractivity contribution in [2.75, 3.05) is 17.2 Å². The summed E-state index contributed by atoms with van der Waals surface area (Å²) in [5.41, 5.74) is 2.02. The number of carbonyl (C=O) groups is 3. The van der Waals surface area contributed by atoms with E-state index in [-0.39, 0.29) is 5.91 Å². The molecular weight excluding hydrogens is 378 g/mol. The molecule has 0 radical (unpaired) electrons. The zero-order valence-corrected chi connectivity index (χ0v) is 15.8. The summed E-state index contributed by atoms with van der Waals surface area (Å²) < 4.78 is 5.96. The van der Waals surface area contributed by atoms with Crippen LogP contribution in [0.15, 0.2) is 54.6 Å². The van der Waals surface area contributed by atoms with E-state index in [2.05, 4.69) is 15.6 Å². The first kappa shape index (κ1) is 19.2. The van der Waals surface area contributed by atoms with Gasteiger partial charge in [0.05, 0.1) is 10.2 Å². The summed E-state index contributed by atoms with van der Waals surface area (Å²) in [7, 11) is 0. The maximum atomic E-state index is 11.9. The van der Waals surface area contributed by atoms with E-state index in [9.17, 15) is 14.4 Å². The van der Waals surface area contributed by atoms with Crippen LogP contribution in [0.2, 0.25) is 0 Å². The number of ether oxygens (including phenoxy) is 1. The summed E-state index contributed by atoms with van der Waals surface area (Å²) in [4.78, 5) is 39.0. The number of anilines is 2. The summed E-state index contributed by atoms with van der Waals surface area (Å²) in [5, 5.41) is 5.92. The fourth-order valence-corrected chi connectivity index (χ4v) is 3.19. The number of rotatable bonds is 6. The van der Waals surface area contributed by atoms with Crippen molar-refractivity contribution in [1.82, 2.24) is 4.98 Å². The fourth-order valence-electron chi connectivity index (χ4n) is 2.32. The highest BCUT2D eigenvalue weighted by atomic mass is 32.1. The molecule has 0 saturated carbocycles. The minimum Gasteiger partial charge on any atom is -0.452 e. The van der Waals surface area contributed by atoms with Gasteiger partial charge in [0.1, 0.15) is 5.01 Å².